The summed E-state index contributed by atoms with van der Waals surface area (Å²) in [6.07, 6.45) is 3.29. The van der Waals surface area contributed by atoms with Crippen molar-refractivity contribution in [3.63, 3.8) is 0 Å². The van der Waals surface area contributed by atoms with E-state index < -0.39 is 27.8 Å². The Morgan fingerprint density at radius 1 is 1.26 bits per heavy atom. The average molecular weight is 565 g/mol. The maximum atomic E-state index is 13.5. The number of carbonyl (C=O) groups is 2. The molecule has 2 aliphatic heterocycles. The van der Waals surface area contributed by atoms with Gasteiger partial charge in [-0.2, -0.15) is 8.42 Å². The summed E-state index contributed by atoms with van der Waals surface area (Å²) in [5, 5.41) is 0.298. The van der Waals surface area contributed by atoms with Crippen molar-refractivity contribution < 1.29 is 36.8 Å². The number of esters is 1. The lowest BCUT2D eigenvalue weighted by atomic mass is 9.84. The van der Waals surface area contributed by atoms with Crippen molar-refractivity contribution in [1.29, 1.82) is 0 Å². The minimum atomic E-state index is -4.18. The van der Waals surface area contributed by atoms with E-state index in [1.54, 1.807) is 54.4 Å². The van der Waals surface area contributed by atoms with Crippen LogP contribution in [0.1, 0.15) is 43.2 Å². The van der Waals surface area contributed by atoms with Gasteiger partial charge < -0.3 is 19.1 Å². The molecule has 0 spiro atoms. The van der Waals surface area contributed by atoms with Crippen molar-refractivity contribution in [2.75, 3.05) is 25.5 Å². The molecule has 1 N–H and O–H groups in total. The predicted molar refractivity (Wildman–Crippen MR) is 138 cm³/mol. The number of nitrogens with zero attached hydrogens (tertiary/aromatic N) is 2. The van der Waals surface area contributed by atoms with Crippen LogP contribution in [0.15, 0.2) is 53.9 Å². The van der Waals surface area contributed by atoms with E-state index in [1.165, 1.54) is 0 Å². The van der Waals surface area contributed by atoms with E-state index in [9.17, 15) is 18.0 Å². The number of hydrogen-bond donors (Lipinski definition) is 1. The third-order valence-electron chi connectivity index (χ3n) is 6.54. The van der Waals surface area contributed by atoms with Gasteiger partial charge >= 0.3 is 5.97 Å². The zero-order chi connectivity index (χ0) is 27.3. The highest BCUT2D eigenvalue weighted by atomic mass is 35.5. The highest BCUT2D eigenvalue weighted by Gasteiger charge is 2.38. The van der Waals surface area contributed by atoms with E-state index in [2.05, 4.69) is 4.98 Å². The molecule has 38 heavy (non-hydrogen) atoms. The maximum absolute atomic E-state index is 13.5. The number of amides is 1. The number of pyridine rings is 1. The zero-order valence-corrected chi connectivity index (χ0v) is 22.4. The zero-order valence-electron chi connectivity index (χ0n) is 20.8. The van der Waals surface area contributed by atoms with Crippen LogP contribution in [0.4, 0.5) is 0 Å². The normalized spacial score (nSPS) is 20.1. The first-order valence-electron chi connectivity index (χ1n) is 12.2. The van der Waals surface area contributed by atoms with Crippen molar-refractivity contribution in [2.45, 2.75) is 44.8 Å². The first kappa shape index (κ1) is 28.0. The molecule has 1 saturated heterocycles. The summed E-state index contributed by atoms with van der Waals surface area (Å²) in [6, 6.07) is 10.1. The van der Waals surface area contributed by atoms with Gasteiger partial charge in [0.25, 0.3) is 10.1 Å². The second-order valence-electron chi connectivity index (χ2n) is 9.13. The van der Waals surface area contributed by atoms with Gasteiger partial charge in [-0.25, -0.2) is 9.78 Å². The number of benzene rings is 1. The molecule has 1 aromatic heterocycles. The summed E-state index contributed by atoms with van der Waals surface area (Å²) in [5.41, 5.74) is 2.03. The van der Waals surface area contributed by atoms with Gasteiger partial charge in [0.2, 0.25) is 5.91 Å². The summed E-state index contributed by atoms with van der Waals surface area (Å²) in [4.78, 5) is 32.4. The molecule has 2 aromatic rings. The fourth-order valence-corrected chi connectivity index (χ4v) is 5.02. The van der Waals surface area contributed by atoms with Crippen LogP contribution >= 0.6 is 11.6 Å². The molecule has 1 amide bonds. The molecule has 0 bridgehead atoms. The molecule has 4 rings (SSSR count). The minimum absolute atomic E-state index is 0.0626. The third kappa shape index (κ3) is 7.10. The number of carbonyl (C=O) groups excluding carboxylic acids is 2. The van der Waals surface area contributed by atoms with Crippen molar-refractivity contribution in [3.05, 3.63) is 70.1 Å². The molecule has 0 radical (unpaired) electrons. The molecule has 1 fully saturated rings. The SMILES string of the molecule is CC1=C(C(=O)OCc2ccccc2OCCS(=O)(=O)O)[C@H](c2ccc(Cl)nc2)CC(=O)N1CC1CCCO1. The van der Waals surface area contributed by atoms with E-state index in [4.69, 9.17) is 30.4 Å². The average Bonchev–Trinajstić information content (AvgIpc) is 3.38. The van der Waals surface area contributed by atoms with Crippen LogP contribution in [0.3, 0.4) is 0 Å². The Morgan fingerprint density at radius 3 is 2.74 bits per heavy atom. The Hall–Kier alpha value is -2.99. The lowest BCUT2D eigenvalue weighted by molar-refractivity contribution is -0.141. The van der Waals surface area contributed by atoms with Crippen LogP contribution in [0.25, 0.3) is 0 Å². The first-order valence-corrected chi connectivity index (χ1v) is 14.2. The van der Waals surface area contributed by atoms with Crippen LogP contribution in [0.2, 0.25) is 5.15 Å². The summed E-state index contributed by atoms with van der Waals surface area (Å²) in [5.74, 6) is -1.53. The van der Waals surface area contributed by atoms with Crippen molar-refractivity contribution >= 4 is 33.6 Å². The second kappa shape index (κ2) is 12.2. The number of aromatic nitrogens is 1. The second-order valence-corrected chi connectivity index (χ2v) is 11.1. The predicted octanol–water partition coefficient (Wildman–Crippen LogP) is 3.51. The van der Waals surface area contributed by atoms with E-state index in [0.717, 1.165) is 12.8 Å². The molecule has 3 heterocycles. The van der Waals surface area contributed by atoms with Gasteiger partial charge in [0.1, 0.15) is 29.9 Å². The maximum Gasteiger partial charge on any atom is 0.336 e. The standard InChI is InChI=1S/C26H29ClN2O8S/c1-17-25(26(31)37-16-19-5-2-3-7-22(19)36-11-12-38(32,33)34)21(18-8-9-23(27)28-14-18)13-24(30)29(17)15-20-6-4-10-35-20/h2-3,5,7-9,14,20-21H,4,6,10-13,15-16H2,1H3,(H,32,33,34)/t20?,21-/m0/s1. The fraction of sp³-hybridized carbons (Fsp3) is 0.423. The molecule has 1 aromatic carbocycles. The minimum Gasteiger partial charge on any atom is -0.492 e. The molecule has 2 aliphatic rings. The Morgan fingerprint density at radius 2 is 2.05 bits per heavy atom. The molecule has 1 unspecified atom stereocenters. The summed E-state index contributed by atoms with van der Waals surface area (Å²) < 4.78 is 47.9. The monoisotopic (exact) mass is 564 g/mol. The van der Waals surface area contributed by atoms with Gasteiger partial charge in [-0.3, -0.25) is 9.35 Å². The van der Waals surface area contributed by atoms with E-state index in [-0.39, 0.29) is 31.6 Å². The lowest BCUT2D eigenvalue weighted by Crippen LogP contribution is -2.42. The number of hydrogen-bond acceptors (Lipinski definition) is 8. The number of halogens is 1. The highest BCUT2D eigenvalue weighted by molar-refractivity contribution is 7.85. The van der Waals surface area contributed by atoms with Crippen molar-refractivity contribution in [3.8, 4) is 5.75 Å². The van der Waals surface area contributed by atoms with Crippen LogP contribution in [0.5, 0.6) is 5.75 Å². The van der Waals surface area contributed by atoms with Gasteiger partial charge in [-0.15, -0.1) is 0 Å². The first-order chi connectivity index (χ1) is 18.1. The number of allylic oxidation sites excluding steroid dienone is 1. The van der Waals surface area contributed by atoms with Crippen LogP contribution < -0.4 is 4.74 Å². The highest BCUT2D eigenvalue weighted by Crippen LogP contribution is 2.38. The Balaban J connectivity index is 1.57. The largest absolute Gasteiger partial charge is 0.492 e. The number of rotatable bonds is 10. The van der Waals surface area contributed by atoms with Crippen LogP contribution in [-0.2, 0) is 35.8 Å². The number of para-hydroxylation sites is 1. The third-order valence-corrected chi connectivity index (χ3v) is 7.44. The van der Waals surface area contributed by atoms with E-state index in [1.807, 2.05) is 0 Å². The smallest absolute Gasteiger partial charge is 0.336 e. The molecular formula is C26H29ClN2O8S. The molecule has 0 aliphatic carbocycles. The van der Waals surface area contributed by atoms with Crippen molar-refractivity contribution in [2.24, 2.45) is 0 Å². The van der Waals surface area contributed by atoms with Gasteiger partial charge in [-0.05, 0) is 37.5 Å². The van der Waals surface area contributed by atoms with Crippen molar-refractivity contribution in [1.82, 2.24) is 9.88 Å². The molecule has 12 heteroatoms. The summed E-state index contributed by atoms with van der Waals surface area (Å²) >= 11 is 5.96. The molecule has 2 atom stereocenters. The Kier molecular flexibility index (Phi) is 9.03. The number of ether oxygens (including phenoxy) is 3. The van der Waals surface area contributed by atoms with E-state index >= 15 is 0 Å². The quantitative estimate of drug-likeness (QED) is 0.261. The van der Waals surface area contributed by atoms with Gasteiger partial charge in [-0.1, -0.05) is 35.9 Å². The lowest BCUT2D eigenvalue weighted by Gasteiger charge is -2.35. The molecular weight excluding hydrogens is 536 g/mol. The molecule has 204 valence electrons. The topological polar surface area (TPSA) is 132 Å². The van der Waals surface area contributed by atoms with Gasteiger partial charge in [0, 0.05) is 36.4 Å². The van der Waals surface area contributed by atoms with E-state index in [0.29, 0.717) is 46.5 Å². The Bertz CT molecular complexity index is 1310. The summed E-state index contributed by atoms with van der Waals surface area (Å²) in [7, 11) is -4.18. The summed E-state index contributed by atoms with van der Waals surface area (Å²) in [6.45, 7) is 2.32. The fourth-order valence-electron chi connectivity index (χ4n) is 4.61. The van der Waals surface area contributed by atoms with Gasteiger partial charge in [0.15, 0.2) is 0 Å². The molecule has 10 nitrogen and oxygen atoms in total. The molecule has 0 saturated carbocycles. The van der Waals surface area contributed by atoms with Crippen LogP contribution in [-0.4, -0.2) is 66.3 Å². The van der Waals surface area contributed by atoms with Gasteiger partial charge in [0.05, 0.1) is 18.2 Å². The Labute approximate surface area is 226 Å². The van der Waals surface area contributed by atoms with Crippen LogP contribution in [0, 0.1) is 0 Å².